The van der Waals surface area contributed by atoms with Crippen LogP contribution in [0.25, 0.3) is 21.9 Å². The molecule has 0 saturated heterocycles. The van der Waals surface area contributed by atoms with Crippen molar-refractivity contribution in [3.63, 3.8) is 0 Å². The highest BCUT2D eigenvalue weighted by Gasteiger charge is 2.08. The predicted octanol–water partition coefficient (Wildman–Crippen LogP) is 3.43. The molecular weight excluding hydrogens is 241 g/mol. The fraction of sp³-hybridized carbons (Fsp3) is 0.267. The summed E-state index contributed by atoms with van der Waals surface area (Å²) >= 11 is 0. The van der Waals surface area contributed by atoms with Crippen LogP contribution in [0.3, 0.4) is 0 Å². The molecule has 0 saturated carbocycles. The Morgan fingerprint density at radius 1 is 1.26 bits per heavy atom. The largest absolute Gasteiger partial charge is 0.372 e. The van der Waals surface area contributed by atoms with E-state index in [4.69, 9.17) is 0 Å². The molecule has 0 bridgehead atoms. The van der Waals surface area contributed by atoms with E-state index >= 15 is 0 Å². The predicted molar refractivity (Wildman–Crippen MR) is 77.6 cm³/mol. The summed E-state index contributed by atoms with van der Waals surface area (Å²) in [6.45, 7) is 2.09. The minimum atomic E-state index is -0.345. The van der Waals surface area contributed by atoms with Crippen LogP contribution < -0.4 is 4.90 Å². The highest BCUT2D eigenvalue weighted by atomic mass is 19.1. The third kappa shape index (κ3) is 2.03. The van der Waals surface area contributed by atoms with E-state index in [9.17, 15) is 4.39 Å². The van der Waals surface area contributed by atoms with Crippen LogP contribution in [-0.2, 0) is 0 Å². The minimum absolute atomic E-state index is 0.345. The second-order valence-corrected chi connectivity index (χ2v) is 4.87. The summed E-state index contributed by atoms with van der Waals surface area (Å²) in [7, 11) is 1.89. The van der Waals surface area contributed by atoms with E-state index in [-0.39, 0.29) is 6.67 Å². The van der Waals surface area contributed by atoms with Crippen molar-refractivity contribution in [2.45, 2.75) is 6.92 Å². The molecule has 0 aliphatic rings. The molecule has 0 radical (unpaired) electrons. The topological polar surface area (TPSA) is 31.9 Å². The Bertz CT molecular complexity index is 733. The van der Waals surface area contributed by atoms with Crippen molar-refractivity contribution in [3.8, 4) is 0 Å². The second kappa shape index (κ2) is 4.53. The van der Waals surface area contributed by atoms with Crippen LogP contribution in [0.5, 0.6) is 0 Å². The lowest BCUT2D eigenvalue weighted by atomic mass is 10.2. The summed E-state index contributed by atoms with van der Waals surface area (Å²) in [6, 6.07) is 8.18. The number of nitrogens with zero attached hydrogens (tertiary/aromatic N) is 2. The van der Waals surface area contributed by atoms with Gasteiger partial charge in [-0.25, -0.2) is 4.39 Å². The molecule has 0 atom stereocenters. The van der Waals surface area contributed by atoms with Crippen molar-refractivity contribution in [2.24, 2.45) is 0 Å². The lowest BCUT2D eigenvalue weighted by molar-refractivity contribution is 0.497. The van der Waals surface area contributed by atoms with Gasteiger partial charge < -0.3 is 9.88 Å². The monoisotopic (exact) mass is 257 g/mol. The highest BCUT2D eigenvalue weighted by Crippen LogP contribution is 2.27. The number of halogens is 1. The van der Waals surface area contributed by atoms with E-state index in [2.05, 4.69) is 16.0 Å². The summed E-state index contributed by atoms with van der Waals surface area (Å²) in [4.78, 5) is 9.75. The number of benzene rings is 1. The first-order valence-corrected chi connectivity index (χ1v) is 6.34. The molecular formula is C15H16FN3. The molecule has 0 aliphatic heterocycles. The minimum Gasteiger partial charge on any atom is -0.372 e. The van der Waals surface area contributed by atoms with Crippen molar-refractivity contribution in [2.75, 3.05) is 25.2 Å². The number of fused-ring (bicyclic) bond motifs is 3. The molecule has 19 heavy (non-hydrogen) atoms. The number of anilines is 1. The third-order valence-electron chi connectivity index (χ3n) is 3.41. The normalized spacial score (nSPS) is 11.3. The van der Waals surface area contributed by atoms with Crippen LogP contribution in [0.15, 0.2) is 30.5 Å². The van der Waals surface area contributed by atoms with Gasteiger partial charge >= 0.3 is 0 Å². The fourth-order valence-electron chi connectivity index (χ4n) is 2.36. The van der Waals surface area contributed by atoms with E-state index in [1.807, 2.05) is 43.3 Å². The smallest absolute Gasteiger partial charge is 0.107 e. The van der Waals surface area contributed by atoms with E-state index in [1.54, 1.807) is 0 Å². The molecule has 0 unspecified atom stereocenters. The second-order valence-electron chi connectivity index (χ2n) is 4.87. The van der Waals surface area contributed by atoms with Crippen molar-refractivity contribution in [3.05, 3.63) is 36.0 Å². The van der Waals surface area contributed by atoms with Crippen molar-refractivity contribution in [1.29, 1.82) is 0 Å². The lowest BCUT2D eigenvalue weighted by Gasteiger charge is -2.17. The molecule has 3 aromatic rings. The standard InChI is InChI=1S/C15H16FN3/c1-10-7-14-15(17-9-10)12-4-3-11(8-13(12)18-14)19(2)6-5-16/h3-4,7-9,18H,5-6H2,1-2H3. The summed E-state index contributed by atoms with van der Waals surface area (Å²) in [5.41, 5.74) is 5.21. The van der Waals surface area contributed by atoms with Gasteiger partial charge in [0.25, 0.3) is 0 Å². The maximum atomic E-state index is 12.4. The number of hydrogen-bond donors (Lipinski definition) is 1. The zero-order valence-corrected chi connectivity index (χ0v) is 11.1. The first kappa shape index (κ1) is 12.0. The molecule has 1 aromatic carbocycles. The zero-order chi connectivity index (χ0) is 13.4. The molecule has 98 valence electrons. The quantitative estimate of drug-likeness (QED) is 0.779. The molecule has 0 fully saturated rings. The Morgan fingerprint density at radius 3 is 2.89 bits per heavy atom. The van der Waals surface area contributed by atoms with Crippen LogP contribution in [0.4, 0.5) is 10.1 Å². The van der Waals surface area contributed by atoms with E-state index < -0.39 is 0 Å². The first-order chi connectivity index (χ1) is 9.19. The van der Waals surface area contributed by atoms with Crippen molar-refractivity contribution < 1.29 is 4.39 Å². The first-order valence-electron chi connectivity index (χ1n) is 6.34. The number of pyridine rings is 1. The maximum absolute atomic E-state index is 12.4. The van der Waals surface area contributed by atoms with E-state index in [0.717, 1.165) is 33.2 Å². The van der Waals surface area contributed by atoms with Crippen LogP contribution in [0.2, 0.25) is 0 Å². The summed E-state index contributed by atoms with van der Waals surface area (Å²) in [5, 5.41) is 1.10. The van der Waals surface area contributed by atoms with E-state index in [1.165, 1.54) is 0 Å². The van der Waals surface area contributed by atoms with Gasteiger partial charge in [-0.05, 0) is 36.8 Å². The fourth-order valence-corrected chi connectivity index (χ4v) is 2.36. The number of alkyl halides is 1. The molecule has 3 nitrogen and oxygen atoms in total. The van der Waals surface area contributed by atoms with Gasteiger partial charge in [0, 0.05) is 30.9 Å². The molecule has 2 aromatic heterocycles. The SMILES string of the molecule is Cc1cnc2c(c1)[nH]c1cc(N(C)CCF)ccc12. The summed E-state index contributed by atoms with van der Waals surface area (Å²) in [6.07, 6.45) is 1.87. The molecule has 4 heteroatoms. The molecule has 0 aliphatic carbocycles. The van der Waals surface area contributed by atoms with Crippen LogP contribution >= 0.6 is 0 Å². The number of hydrogen-bond acceptors (Lipinski definition) is 2. The van der Waals surface area contributed by atoms with Crippen LogP contribution in [-0.4, -0.2) is 30.2 Å². The summed E-state index contributed by atoms with van der Waals surface area (Å²) in [5.74, 6) is 0. The number of aromatic nitrogens is 2. The summed E-state index contributed by atoms with van der Waals surface area (Å²) < 4.78 is 12.4. The van der Waals surface area contributed by atoms with Gasteiger partial charge in [0.05, 0.1) is 16.6 Å². The number of H-pyrrole nitrogens is 1. The highest BCUT2D eigenvalue weighted by molar-refractivity contribution is 6.05. The van der Waals surface area contributed by atoms with Crippen LogP contribution in [0, 0.1) is 6.92 Å². The molecule has 0 spiro atoms. The van der Waals surface area contributed by atoms with Gasteiger partial charge in [-0.1, -0.05) is 0 Å². The van der Waals surface area contributed by atoms with Crippen LogP contribution in [0.1, 0.15) is 5.56 Å². The molecule has 2 heterocycles. The Kier molecular flexibility index (Phi) is 2.85. The molecule has 0 amide bonds. The maximum Gasteiger partial charge on any atom is 0.107 e. The molecule has 1 N–H and O–H groups in total. The van der Waals surface area contributed by atoms with E-state index in [0.29, 0.717) is 6.54 Å². The number of aryl methyl sites for hydroxylation is 1. The number of aromatic amines is 1. The Balaban J connectivity index is 2.15. The number of nitrogens with one attached hydrogen (secondary N) is 1. The van der Waals surface area contributed by atoms with Crippen molar-refractivity contribution >= 4 is 27.6 Å². The van der Waals surface area contributed by atoms with Gasteiger partial charge in [0.2, 0.25) is 0 Å². The van der Waals surface area contributed by atoms with Gasteiger partial charge in [0.15, 0.2) is 0 Å². The Morgan fingerprint density at radius 2 is 2.11 bits per heavy atom. The van der Waals surface area contributed by atoms with Gasteiger partial charge in [-0.3, -0.25) is 4.98 Å². The van der Waals surface area contributed by atoms with Gasteiger partial charge in [-0.15, -0.1) is 0 Å². The lowest BCUT2D eigenvalue weighted by Crippen LogP contribution is -2.19. The zero-order valence-electron chi connectivity index (χ0n) is 11.1. The van der Waals surface area contributed by atoms with Crippen molar-refractivity contribution in [1.82, 2.24) is 9.97 Å². The average molecular weight is 257 g/mol. The third-order valence-corrected chi connectivity index (χ3v) is 3.41. The Labute approximate surface area is 111 Å². The molecule has 3 rings (SSSR count). The van der Waals surface area contributed by atoms with Gasteiger partial charge in [0.1, 0.15) is 6.67 Å². The average Bonchev–Trinajstić information content (AvgIpc) is 2.75. The van der Waals surface area contributed by atoms with Gasteiger partial charge in [-0.2, -0.15) is 0 Å². The number of rotatable bonds is 3. The Hall–Kier alpha value is -2.10.